The average molecular weight is 301 g/mol. The molecule has 0 aromatic rings. The highest BCUT2D eigenvalue weighted by atomic mass is 32.2. The first kappa shape index (κ1) is 15.8. The summed E-state index contributed by atoms with van der Waals surface area (Å²) in [5, 5.41) is 0. The minimum atomic E-state index is -2.91. The smallest absolute Gasteiger partial charge is 0.222 e. The average Bonchev–Trinajstić information content (AvgIpc) is 2.78. The number of carbonyl (C=O) groups is 1. The molecule has 0 spiro atoms. The molecule has 0 N–H and O–H groups in total. The van der Waals surface area contributed by atoms with E-state index >= 15 is 0 Å². The van der Waals surface area contributed by atoms with Gasteiger partial charge in [0.1, 0.15) is 0 Å². The minimum absolute atomic E-state index is 0.0798. The molecule has 20 heavy (non-hydrogen) atoms. The minimum Gasteiger partial charge on any atom is -0.339 e. The molecule has 0 bridgehead atoms. The summed E-state index contributed by atoms with van der Waals surface area (Å²) >= 11 is 0. The van der Waals surface area contributed by atoms with Crippen LogP contribution in [-0.4, -0.2) is 43.3 Å². The Morgan fingerprint density at radius 1 is 1.15 bits per heavy atom. The van der Waals surface area contributed by atoms with Crippen LogP contribution in [0.25, 0.3) is 0 Å². The van der Waals surface area contributed by atoms with Crippen LogP contribution >= 0.6 is 0 Å². The van der Waals surface area contributed by atoms with E-state index in [1.165, 1.54) is 32.1 Å². The van der Waals surface area contributed by atoms with Crippen molar-refractivity contribution in [2.75, 3.05) is 18.1 Å². The topological polar surface area (TPSA) is 54.5 Å². The van der Waals surface area contributed by atoms with Gasteiger partial charge in [-0.15, -0.1) is 0 Å². The monoisotopic (exact) mass is 301 g/mol. The van der Waals surface area contributed by atoms with Gasteiger partial charge in [-0.2, -0.15) is 0 Å². The maximum Gasteiger partial charge on any atom is 0.222 e. The second kappa shape index (κ2) is 6.92. The maximum atomic E-state index is 12.3. The summed E-state index contributed by atoms with van der Waals surface area (Å²) in [6.45, 7) is 2.58. The first-order valence-electron chi connectivity index (χ1n) is 8.01. The molecule has 2 fully saturated rings. The molecular weight excluding hydrogens is 274 g/mol. The van der Waals surface area contributed by atoms with Gasteiger partial charge >= 0.3 is 0 Å². The van der Waals surface area contributed by atoms with Crippen molar-refractivity contribution >= 4 is 15.7 Å². The molecule has 0 radical (unpaired) electrons. The molecule has 1 amide bonds. The molecule has 0 aromatic heterocycles. The van der Waals surface area contributed by atoms with Gasteiger partial charge in [0, 0.05) is 19.0 Å². The number of hydrogen-bond donors (Lipinski definition) is 0. The number of sulfone groups is 1. The quantitative estimate of drug-likeness (QED) is 0.783. The second-order valence-corrected chi connectivity index (χ2v) is 8.51. The standard InChI is InChI=1S/C15H27NO3S/c1-2-16(14-10-11-20(18,19)12-14)15(17)9-8-13-6-4-3-5-7-13/h13-14H,2-12H2,1H3. The van der Waals surface area contributed by atoms with E-state index in [0.717, 1.165) is 6.42 Å². The molecule has 1 aliphatic heterocycles. The molecular formula is C15H27NO3S. The number of nitrogens with zero attached hydrogens (tertiary/aromatic N) is 1. The van der Waals surface area contributed by atoms with Crippen LogP contribution in [0, 0.1) is 5.92 Å². The van der Waals surface area contributed by atoms with Crippen LogP contribution in [0.1, 0.15) is 58.3 Å². The summed E-state index contributed by atoms with van der Waals surface area (Å²) in [4.78, 5) is 14.1. The van der Waals surface area contributed by atoms with Gasteiger partial charge in [-0.05, 0) is 25.7 Å². The fourth-order valence-electron chi connectivity index (χ4n) is 3.61. The molecule has 116 valence electrons. The number of amides is 1. The Morgan fingerprint density at radius 2 is 1.85 bits per heavy atom. The first-order chi connectivity index (χ1) is 9.52. The zero-order chi connectivity index (χ0) is 14.6. The molecule has 2 aliphatic rings. The molecule has 1 saturated carbocycles. The fourth-order valence-corrected chi connectivity index (χ4v) is 5.34. The lowest BCUT2D eigenvalue weighted by Crippen LogP contribution is -2.41. The molecule has 4 nitrogen and oxygen atoms in total. The number of carbonyl (C=O) groups excluding carboxylic acids is 1. The molecule has 1 unspecified atom stereocenters. The lowest BCUT2D eigenvalue weighted by Gasteiger charge is -2.28. The third-order valence-corrected chi connectivity index (χ3v) is 6.55. The van der Waals surface area contributed by atoms with Crippen LogP contribution in [0.3, 0.4) is 0 Å². The highest BCUT2D eigenvalue weighted by molar-refractivity contribution is 7.91. The molecule has 0 aromatic carbocycles. The van der Waals surface area contributed by atoms with Crippen molar-refractivity contribution in [3.8, 4) is 0 Å². The third-order valence-electron chi connectivity index (χ3n) is 4.80. The van der Waals surface area contributed by atoms with E-state index in [4.69, 9.17) is 0 Å². The number of hydrogen-bond acceptors (Lipinski definition) is 3. The summed E-state index contributed by atoms with van der Waals surface area (Å²) in [7, 11) is -2.91. The van der Waals surface area contributed by atoms with Crippen molar-refractivity contribution in [1.29, 1.82) is 0 Å². The van der Waals surface area contributed by atoms with E-state index in [1.54, 1.807) is 4.90 Å². The Balaban J connectivity index is 1.82. The van der Waals surface area contributed by atoms with E-state index in [9.17, 15) is 13.2 Å². The van der Waals surface area contributed by atoms with Crippen molar-refractivity contribution in [3.63, 3.8) is 0 Å². The van der Waals surface area contributed by atoms with Crippen LogP contribution in [0.5, 0.6) is 0 Å². The third kappa shape index (κ3) is 4.21. The van der Waals surface area contributed by atoms with Crippen molar-refractivity contribution in [2.24, 2.45) is 5.92 Å². The van der Waals surface area contributed by atoms with Gasteiger partial charge in [0.25, 0.3) is 0 Å². The van der Waals surface area contributed by atoms with E-state index in [2.05, 4.69) is 0 Å². The van der Waals surface area contributed by atoms with Crippen molar-refractivity contribution in [2.45, 2.75) is 64.3 Å². The lowest BCUT2D eigenvalue weighted by atomic mass is 9.86. The largest absolute Gasteiger partial charge is 0.339 e. The van der Waals surface area contributed by atoms with Gasteiger partial charge in [0.2, 0.25) is 5.91 Å². The van der Waals surface area contributed by atoms with Gasteiger partial charge < -0.3 is 4.90 Å². The van der Waals surface area contributed by atoms with E-state index < -0.39 is 9.84 Å². The predicted octanol–water partition coefficient (Wildman–Crippen LogP) is 2.38. The second-order valence-electron chi connectivity index (χ2n) is 6.28. The zero-order valence-corrected chi connectivity index (χ0v) is 13.3. The maximum absolute atomic E-state index is 12.3. The lowest BCUT2D eigenvalue weighted by molar-refractivity contribution is -0.133. The van der Waals surface area contributed by atoms with Crippen molar-refractivity contribution < 1.29 is 13.2 Å². The Kier molecular flexibility index (Phi) is 5.47. The van der Waals surface area contributed by atoms with Crippen LogP contribution in [-0.2, 0) is 14.6 Å². The van der Waals surface area contributed by atoms with Crippen LogP contribution < -0.4 is 0 Å². The summed E-state index contributed by atoms with van der Waals surface area (Å²) in [5.74, 6) is 1.26. The van der Waals surface area contributed by atoms with Crippen LogP contribution in [0.4, 0.5) is 0 Å². The van der Waals surface area contributed by atoms with Gasteiger partial charge in [-0.25, -0.2) is 8.42 Å². The Hall–Kier alpha value is -0.580. The van der Waals surface area contributed by atoms with E-state index in [-0.39, 0.29) is 23.5 Å². The van der Waals surface area contributed by atoms with Gasteiger partial charge in [0.05, 0.1) is 11.5 Å². The Labute approximate surface area is 122 Å². The number of rotatable bonds is 5. The Morgan fingerprint density at radius 3 is 2.40 bits per heavy atom. The van der Waals surface area contributed by atoms with Crippen LogP contribution in [0.15, 0.2) is 0 Å². The molecule has 1 aliphatic carbocycles. The fraction of sp³-hybridized carbons (Fsp3) is 0.933. The van der Waals surface area contributed by atoms with E-state index in [1.807, 2.05) is 6.92 Å². The highest BCUT2D eigenvalue weighted by Crippen LogP contribution is 2.28. The summed E-state index contributed by atoms with van der Waals surface area (Å²) in [6, 6.07) is -0.0798. The molecule has 5 heteroatoms. The molecule has 1 atom stereocenters. The normalized spacial score (nSPS) is 26.6. The molecule has 1 saturated heterocycles. The Bertz CT molecular complexity index is 426. The van der Waals surface area contributed by atoms with Crippen molar-refractivity contribution in [1.82, 2.24) is 4.90 Å². The van der Waals surface area contributed by atoms with E-state index in [0.29, 0.717) is 25.3 Å². The van der Waals surface area contributed by atoms with Gasteiger partial charge in [-0.3, -0.25) is 4.79 Å². The molecule has 2 rings (SSSR count). The van der Waals surface area contributed by atoms with Crippen LogP contribution in [0.2, 0.25) is 0 Å². The summed E-state index contributed by atoms with van der Waals surface area (Å²) < 4.78 is 23.1. The van der Waals surface area contributed by atoms with Gasteiger partial charge in [0.15, 0.2) is 9.84 Å². The van der Waals surface area contributed by atoms with Crippen molar-refractivity contribution in [3.05, 3.63) is 0 Å². The zero-order valence-electron chi connectivity index (χ0n) is 12.5. The summed E-state index contributed by atoms with van der Waals surface area (Å²) in [5.41, 5.74) is 0. The summed E-state index contributed by atoms with van der Waals surface area (Å²) in [6.07, 6.45) is 8.66. The SMILES string of the molecule is CCN(C(=O)CCC1CCCCC1)C1CCS(=O)(=O)C1. The molecule has 1 heterocycles. The first-order valence-corrected chi connectivity index (χ1v) is 9.84. The predicted molar refractivity (Wildman–Crippen MR) is 80.3 cm³/mol. The highest BCUT2D eigenvalue weighted by Gasteiger charge is 2.33. The van der Waals surface area contributed by atoms with Gasteiger partial charge in [-0.1, -0.05) is 32.1 Å².